The zero-order valence-electron chi connectivity index (χ0n) is 8.44. The Labute approximate surface area is 87.7 Å². The third-order valence-corrected chi connectivity index (χ3v) is 2.17. The normalized spacial score (nSPS) is 10.3. The molecule has 0 N–H and O–H groups in total. The molecular formula is C12H11FN2. The van der Waals surface area contributed by atoms with Crippen molar-refractivity contribution in [2.75, 3.05) is 0 Å². The summed E-state index contributed by atoms with van der Waals surface area (Å²) in [5, 5.41) is 4.11. The van der Waals surface area contributed by atoms with Gasteiger partial charge in [0.05, 0.1) is 5.69 Å². The Morgan fingerprint density at radius 1 is 1.47 bits per heavy atom. The Balaban J connectivity index is 2.61. The molecule has 1 heterocycles. The van der Waals surface area contributed by atoms with E-state index in [1.807, 2.05) is 19.2 Å². The van der Waals surface area contributed by atoms with Gasteiger partial charge in [0, 0.05) is 18.0 Å². The molecule has 1 aromatic carbocycles. The van der Waals surface area contributed by atoms with Crippen LogP contribution in [0.2, 0.25) is 0 Å². The van der Waals surface area contributed by atoms with Crippen LogP contribution in [0.5, 0.6) is 0 Å². The summed E-state index contributed by atoms with van der Waals surface area (Å²) in [6, 6.07) is 6.42. The second-order valence-corrected chi connectivity index (χ2v) is 3.39. The molecule has 0 bridgehead atoms. The second-order valence-electron chi connectivity index (χ2n) is 3.39. The van der Waals surface area contributed by atoms with E-state index in [9.17, 15) is 4.39 Å². The van der Waals surface area contributed by atoms with Crippen LogP contribution in [0.25, 0.3) is 11.3 Å². The van der Waals surface area contributed by atoms with E-state index in [1.165, 1.54) is 12.1 Å². The quantitative estimate of drug-likeness (QED) is 0.731. The maximum atomic E-state index is 13.1. The minimum atomic E-state index is -0.260. The average molecular weight is 202 g/mol. The smallest absolute Gasteiger partial charge is 0.123 e. The highest BCUT2D eigenvalue weighted by atomic mass is 19.1. The summed E-state index contributed by atoms with van der Waals surface area (Å²) in [7, 11) is 0. The largest absolute Gasteiger partial charge is 0.240 e. The lowest BCUT2D eigenvalue weighted by Gasteiger charge is -2.09. The number of halogens is 1. The first-order chi connectivity index (χ1) is 7.18. The molecule has 2 aromatic rings. The highest BCUT2D eigenvalue weighted by molar-refractivity contribution is 5.69. The lowest BCUT2D eigenvalue weighted by Crippen LogP contribution is -1.99. The third kappa shape index (κ3) is 1.81. The lowest BCUT2D eigenvalue weighted by molar-refractivity contribution is 0.626. The Morgan fingerprint density at radius 3 is 2.87 bits per heavy atom. The van der Waals surface area contributed by atoms with E-state index < -0.39 is 0 Å². The van der Waals surface area contributed by atoms with Crippen LogP contribution < -0.4 is 0 Å². The first kappa shape index (κ1) is 9.65. The van der Waals surface area contributed by atoms with Crippen molar-refractivity contribution in [2.24, 2.45) is 0 Å². The molecule has 2 rings (SSSR count). The van der Waals surface area contributed by atoms with Gasteiger partial charge >= 0.3 is 0 Å². The van der Waals surface area contributed by atoms with E-state index >= 15 is 0 Å². The van der Waals surface area contributed by atoms with E-state index in [4.69, 9.17) is 0 Å². The predicted octanol–water partition coefficient (Wildman–Crippen LogP) is 3.04. The zero-order valence-corrected chi connectivity index (χ0v) is 8.44. The Hall–Kier alpha value is -1.90. The molecule has 0 fully saturated rings. The van der Waals surface area contributed by atoms with Crippen molar-refractivity contribution in [3.63, 3.8) is 0 Å². The number of rotatable bonds is 2. The van der Waals surface area contributed by atoms with Crippen LogP contribution in [0.3, 0.4) is 0 Å². The Bertz CT molecular complexity index is 486. The molecular weight excluding hydrogens is 191 g/mol. The number of benzene rings is 1. The summed E-state index contributed by atoms with van der Waals surface area (Å²) in [6.07, 6.45) is 3.51. The summed E-state index contributed by atoms with van der Waals surface area (Å²) >= 11 is 0. The molecule has 76 valence electrons. The zero-order chi connectivity index (χ0) is 10.8. The molecule has 0 saturated heterocycles. The van der Waals surface area contributed by atoms with Crippen LogP contribution in [0.15, 0.2) is 43.2 Å². The SMILES string of the molecule is C=C(C)c1cc(F)ccc1-n1cccn1. The van der Waals surface area contributed by atoms with Gasteiger partial charge < -0.3 is 0 Å². The van der Waals surface area contributed by atoms with Crippen molar-refractivity contribution < 1.29 is 4.39 Å². The van der Waals surface area contributed by atoms with E-state index in [0.717, 1.165) is 16.8 Å². The van der Waals surface area contributed by atoms with Crippen molar-refractivity contribution in [1.82, 2.24) is 9.78 Å². The number of hydrogen-bond donors (Lipinski definition) is 0. The molecule has 0 aliphatic carbocycles. The second kappa shape index (κ2) is 3.69. The van der Waals surface area contributed by atoms with Gasteiger partial charge in [0.2, 0.25) is 0 Å². The summed E-state index contributed by atoms with van der Waals surface area (Å²) < 4.78 is 14.8. The van der Waals surface area contributed by atoms with Crippen molar-refractivity contribution in [2.45, 2.75) is 6.92 Å². The number of nitrogens with zero attached hydrogens (tertiary/aromatic N) is 2. The summed E-state index contributed by atoms with van der Waals surface area (Å²) in [6.45, 7) is 5.68. The maximum Gasteiger partial charge on any atom is 0.123 e. The summed E-state index contributed by atoms with van der Waals surface area (Å²) in [5.74, 6) is -0.260. The molecule has 3 heteroatoms. The standard InChI is InChI=1S/C12H11FN2/c1-9(2)11-8-10(13)4-5-12(11)15-7-3-6-14-15/h3-8H,1H2,2H3. The van der Waals surface area contributed by atoms with Gasteiger partial charge in [-0.05, 0) is 36.8 Å². The molecule has 0 amide bonds. The number of allylic oxidation sites excluding steroid dienone is 1. The molecule has 0 aliphatic heterocycles. The topological polar surface area (TPSA) is 17.8 Å². The molecule has 1 aromatic heterocycles. The van der Waals surface area contributed by atoms with Gasteiger partial charge in [-0.3, -0.25) is 0 Å². The molecule has 0 saturated carbocycles. The van der Waals surface area contributed by atoms with Crippen LogP contribution >= 0.6 is 0 Å². The maximum absolute atomic E-state index is 13.1. The molecule has 0 unspecified atom stereocenters. The van der Waals surface area contributed by atoms with Gasteiger partial charge in [0.15, 0.2) is 0 Å². The van der Waals surface area contributed by atoms with Crippen molar-refractivity contribution >= 4 is 5.57 Å². The van der Waals surface area contributed by atoms with E-state index in [1.54, 1.807) is 16.9 Å². The van der Waals surface area contributed by atoms with Gasteiger partial charge in [-0.25, -0.2) is 9.07 Å². The molecule has 15 heavy (non-hydrogen) atoms. The van der Waals surface area contributed by atoms with Crippen LogP contribution in [0, 0.1) is 5.82 Å². The van der Waals surface area contributed by atoms with Crippen LogP contribution in [-0.2, 0) is 0 Å². The minimum absolute atomic E-state index is 0.260. The van der Waals surface area contributed by atoms with Crippen LogP contribution in [0.4, 0.5) is 4.39 Å². The first-order valence-corrected chi connectivity index (χ1v) is 4.64. The van der Waals surface area contributed by atoms with E-state index in [-0.39, 0.29) is 5.82 Å². The Kier molecular flexibility index (Phi) is 2.37. The van der Waals surface area contributed by atoms with Gasteiger partial charge in [-0.15, -0.1) is 0 Å². The lowest BCUT2D eigenvalue weighted by atomic mass is 10.1. The van der Waals surface area contributed by atoms with Crippen LogP contribution in [-0.4, -0.2) is 9.78 Å². The van der Waals surface area contributed by atoms with Gasteiger partial charge in [-0.2, -0.15) is 5.10 Å². The number of aromatic nitrogens is 2. The number of hydrogen-bond acceptors (Lipinski definition) is 1. The molecule has 0 aliphatic rings. The molecule has 0 radical (unpaired) electrons. The molecule has 0 spiro atoms. The third-order valence-electron chi connectivity index (χ3n) is 2.17. The Morgan fingerprint density at radius 2 is 2.27 bits per heavy atom. The van der Waals surface area contributed by atoms with Crippen molar-refractivity contribution in [3.8, 4) is 5.69 Å². The van der Waals surface area contributed by atoms with Gasteiger partial charge in [-0.1, -0.05) is 6.58 Å². The fourth-order valence-corrected chi connectivity index (χ4v) is 1.46. The van der Waals surface area contributed by atoms with Crippen molar-refractivity contribution in [1.29, 1.82) is 0 Å². The highest BCUT2D eigenvalue weighted by Crippen LogP contribution is 2.21. The van der Waals surface area contributed by atoms with E-state index in [0.29, 0.717) is 0 Å². The average Bonchev–Trinajstić information content (AvgIpc) is 2.70. The first-order valence-electron chi connectivity index (χ1n) is 4.64. The predicted molar refractivity (Wildman–Crippen MR) is 58.2 cm³/mol. The summed E-state index contributed by atoms with van der Waals surface area (Å²) in [5.41, 5.74) is 2.44. The molecule has 2 nitrogen and oxygen atoms in total. The van der Waals surface area contributed by atoms with Crippen molar-refractivity contribution in [3.05, 3.63) is 54.6 Å². The summed E-state index contributed by atoms with van der Waals surface area (Å²) in [4.78, 5) is 0. The monoisotopic (exact) mass is 202 g/mol. The molecule has 0 atom stereocenters. The van der Waals surface area contributed by atoms with Crippen LogP contribution in [0.1, 0.15) is 12.5 Å². The van der Waals surface area contributed by atoms with E-state index in [2.05, 4.69) is 11.7 Å². The highest BCUT2D eigenvalue weighted by Gasteiger charge is 2.06. The minimum Gasteiger partial charge on any atom is -0.240 e. The van der Waals surface area contributed by atoms with Gasteiger partial charge in [0.1, 0.15) is 5.82 Å². The van der Waals surface area contributed by atoms with Gasteiger partial charge in [0.25, 0.3) is 0 Å². The fraction of sp³-hybridized carbons (Fsp3) is 0.0833. The fourth-order valence-electron chi connectivity index (χ4n) is 1.46.